The highest BCUT2D eigenvalue weighted by Gasteiger charge is 2.33. The first kappa shape index (κ1) is 121. The van der Waals surface area contributed by atoms with Crippen LogP contribution in [0.1, 0.15) is 497 Å². The van der Waals surface area contributed by atoms with E-state index in [2.05, 4.69) is 88.2 Å². The smallest absolute Gasteiger partial charge is 0.326 e. The molecular formula is C102H195N11O13S. The summed E-state index contributed by atoms with van der Waals surface area (Å²) in [7, 11) is 0. The minimum absolute atomic E-state index is 0.00147. The first-order chi connectivity index (χ1) is 61.7. The van der Waals surface area contributed by atoms with Crippen LogP contribution in [0.25, 0.3) is 0 Å². The average molecular weight is 1820 g/mol. The molecule has 9 amide bonds. The Morgan fingerprint density at radius 2 is 0.535 bits per heavy atom. The molecule has 0 spiro atoms. The predicted molar refractivity (Wildman–Crippen MR) is 526 cm³/mol. The molecule has 0 saturated carbocycles. The van der Waals surface area contributed by atoms with Gasteiger partial charge in [-0.3, -0.25) is 47.9 Å². The van der Waals surface area contributed by atoms with Crippen LogP contribution in [0.4, 0.5) is 0 Å². The number of amides is 9. The topological polar surface area (TPSA) is 389 Å². The molecule has 0 aliphatic heterocycles. The van der Waals surface area contributed by atoms with Crippen molar-refractivity contribution >= 4 is 77.7 Å². The molecule has 0 aromatic rings. The van der Waals surface area contributed by atoms with Gasteiger partial charge in [0.15, 0.2) is 0 Å². The van der Waals surface area contributed by atoms with Gasteiger partial charge in [-0.2, -0.15) is 12.6 Å². The van der Waals surface area contributed by atoms with Crippen LogP contribution >= 0.6 is 12.6 Å². The van der Waals surface area contributed by atoms with E-state index in [-0.39, 0.29) is 68.2 Å². The second-order valence-electron chi connectivity index (χ2n) is 37.2. The molecule has 0 bridgehead atoms. The predicted octanol–water partition coefficient (Wildman–Crippen LogP) is 20.7. The minimum Gasteiger partial charge on any atom is -0.481 e. The summed E-state index contributed by atoms with van der Waals surface area (Å²) in [6.07, 6.45) is 74.7. The van der Waals surface area contributed by atoms with E-state index in [0.29, 0.717) is 51.6 Å². The Kier molecular flexibility index (Phi) is 85.7. The summed E-state index contributed by atoms with van der Waals surface area (Å²) < 4.78 is 0. The number of thiol groups is 1. The van der Waals surface area contributed by atoms with Crippen LogP contribution in [0.5, 0.6) is 0 Å². The van der Waals surface area contributed by atoms with Crippen LogP contribution in [0, 0.1) is 11.8 Å². The Bertz CT molecular complexity index is 2660. The summed E-state index contributed by atoms with van der Waals surface area (Å²) >= 11 is 4.12. The van der Waals surface area contributed by atoms with Crippen molar-refractivity contribution in [3.63, 3.8) is 0 Å². The molecule has 15 N–H and O–H groups in total. The van der Waals surface area contributed by atoms with Gasteiger partial charge in [0.1, 0.15) is 30.2 Å². The van der Waals surface area contributed by atoms with Crippen LogP contribution in [0.15, 0.2) is 0 Å². The number of rotatable bonds is 96. The van der Waals surface area contributed by atoms with E-state index in [1.165, 1.54) is 289 Å². The minimum atomic E-state index is -1.61. The van der Waals surface area contributed by atoms with Gasteiger partial charge in [-0.1, -0.05) is 387 Å². The summed E-state index contributed by atoms with van der Waals surface area (Å²) in [6, 6.07) is -7.80. The lowest BCUT2D eigenvalue weighted by molar-refractivity contribution is -0.143. The fourth-order valence-corrected chi connectivity index (χ4v) is 17.3. The molecular weight excluding hydrogens is 1620 g/mol. The third-order valence-corrected chi connectivity index (χ3v) is 25.7. The van der Waals surface area contributed by atoms with Gasteiger partial charge in [0.25, 0.3) is 0 Å². The van der Waals surface area contributed by atoms with Crippen molar-refractivity contribution in [3.05, 3.63) is 0 Å². The van der Waals surface area contributed by atoms with Crippen molar-refractivity contribution in [2.45, 2.75) is 533 Å². The van der Waals surface area contributed by atoms with Gasteiger partial charge in [0.2, 0.25) is 53.2 Å². The van der Waals surface area contributed by atoms with E-state index < -0.39 is 109 Å². The lowest BCUT2D eigenvalue weighted by Gasteiger charge is -2.27. The van der Waals surface area contributed by atoms with Gasteiger partial charge in [-0.05, 0) is 103 Å². The summed E-state index contributed by atoms with van der Waals surface area (Å²) in [5.74, 6) is -7.79. The molecule has 0 aliphatic rings. The molecule has 0 aromatic heterocycles. The quantitative estimate of drug-likeness (QED) is 0.0199. The molecule has 0 heterocycles. The standard InChI is InChI=1S/C102H195N11O13S/c1-6-10-14-18-22-26-30-34-38-42-46-50-54-58-68-85(69-59-55-51-47-43-39-35-31-27-23-19-15-11-7-2)95(118)106-79-66-63-73-88(110-97(120)87(104)77-81-105-93(115)82-108-98(121)92(83-127)109-84(5)114)99(122)111-89(72-62-65-78-103)100(123)112-90(101(124)113-91(102(125)126)75-76-94(116)117)74-64-67-80-107-96(119)86(70-60-56-52-48-44-40-36-32-28-24-20-16-12-8-3)71-61-57-53-49-45-41-37-33-29-25-21-17-13-9-4/h85-92,127H,6-83,103-104H2,1-5H3,(H,105,115)(H,106,118)(H,107,119)(H,108,121)(H,109,114)(H,110,120)(H,111,122)(H,112,123)(H,113,124)(H,116,117)(H,125,126)/t87-,88+,89-,90+,91-,92?/m0/s1. The molecule has 0 aliphatic carbocycles. The normalized spacial score (nSPS) is 12.9. The number of carboxylic acid groups (broad SMARTS) is 2. The zero-order valence-corrected chi connectivity index (χ0v) is 82.7. The van der Waals surface area contributed by atoms with Crippen molar-refractivity contribution in [2.24, 2.45) is 23.3 Å². The highest BCUT2D eigenvalue weighted by Crippen LogP contribution is 2.25. The van der Waals surface area contributed by atoms with E-state index in [4.69, 9.17) is 11.5 Å². The molecule has 6 atom stereocenters. The van der Waals surface area contributed by atoms with E-state index >= 15 is 0 Å². The Balaban J connectivity index is 6.77. The van der Waals surface area contributed by atoms with Crippen LogP contribution in [0.3, 0.4) is 0 Å². The third kappa shape index (κ3) is 75.7. The van der Waals surface area contributed by atoms with Crippen molar-refractivity contribution in [2.75, 3.05) is 38.5 Å². The number of carboxylic acids is 2. The van der Waals surface area contributed by atoms with E-state index in [1.807, 2.05) is 0 Å². The van der Waals surface area contributed by atoms with Gasteiger partial charge in [0.05, 0.1) is 12.6 Å². The number of unbranched alkanes of at least 4 members (excludes halogenated alkanes) is 55. The maximum Gasteiger partial charge on any atom is 0.326 e. The Labute approximate surface area is 779 Å². The molecule has 1 unspecified atom stereocenters. The van der Waals surface area contributed by atoms with Crippen molar-refractivity contribution in [3.8, 4) is 0 Å². The number of hydrogen-bond donors (Lipinski definition) is 14. The van der Waals surface area contributed by atoms with Gasteiger partial charge in [-0.25, -0.2) is 4.79 Å². The second kappa shape index (κ2) is 89.6. The van der Waals surface area contributed by atoms with Gasteiger partial charge in [0, 0.05) is 50.6 Å². The van der Waals surface area contributed by atoms with Crippen LogP contribution in [-0.2, 0) is 52.7 Å². The molecule has 742 valence electrons. The Morgan fingerprint density at radius 3 is 0.803 bits per heavy atom. The number of carbonyl (C=O) groups excluding carboxylic acids is 9. The fraction of sp³-hybridized carbons (Fsp3) is 0.892. The summed E-state index contributed by atoms with van der Waals surface area (Å²) in [5.41, 5.74) is 12.4. The molecule has 24 nitrogen and oxygen atoms in total. The molecule has 127 heavy (non-hydrogen) atoms. The van der Waals surface area contributed by atoms with Crippen LogP contribution in [0.2, 0.25) is 0 Å². The lowest BCUT2D eigenvalue weighted by atomic mass is 9.93. The fourth-order valence-electron chi connectivity index (χ4n) is 17.0. The van der Waals surface area contributed by atoms with E-state index in [0.717, 1.165) is 103 Å². The van der Waals surface area contributed by atoms with Gasteiger partial charge in [-0.15, -0.1) is 0 Å². The summed E-state index contributed by atoms with van der Waals surface area (Å²) in [6.45, 7) is 10.6. The van der Waals surface area contributed by atoms with E-state index in [1.54, 1.807) is 0 Å². The Hall–Kier alpha value is -5.56. The molecule has 0 aromatic carbocycles. The van der Waals surface area contributed by atoms with Crippen LogP contribution in [-0.4, -0.2) is 150 Å². The number of nitrogens with two attached hydrogens (primary N) is 2. The lowest BCUT2D eigenvalue weighted by Crippen LogP contribution is -2.58. The van der Waals surface area contributed by atoms with Crippen molar-refractivity contribution < 1.29 is 63.0 Å². The first-order valence-corrected chi connectivity index (χ1v) is 53.4. The van der Waals surface area contributed by atoms with Gasteiger partial charge < -0.3 is 69.5 Å². The van der Waals surface area contributed by atoms with Crippen LogP contribution < -0.4 is 59.3 Å². The molecule has 0 saturated heterocycles. The van der Waals surface area contributed by atoms with Gasteiger partial charge >= 0.3 is 11.9 Å². The summed E-state index contributed by atoms with van der Waals surface area (Å²) in [5, 5.41) is 44.5. The zero-order chi connectivity index (χ0) is 93.5. The molecule has 0 rings (SSSR count). The number of hydrogen-bond acceptors (Lipinski definition) is 14. The Morgan fingerprint density at radius 1 is 0.268 bits per heavy atom. The molecule has 25 heteroatoms. The highest BCUT2D eigenvalue weighted by atomic mass is 32.1. The first-order valence-electron chi connectivity index (χ1n) is 52.8. The SMILES string of the molecule is CCCCCCCCCCCCCCCCC(CCCCCCCCCCCCCCCC)C(=O)NCCCC[C@@H](NC(=O)[C@H](CCCCN)NC(=O)[C@@H](CCCCNC(=O)C(CCCCCCCCCCCCCCCC)CCCCCCCCCCCCCCCC)NC(=O)[C@@H](N)CCNC(=O)CNC(=O)C(CS)NC(C)=O)C(=O)N[C@@H](CCC(=O)O)C(=O)O. The second-order valence-corrected chi connectivity index (χ2v) is 37.6. The van der Waals surface area contributed by atoms with Crippen molar-refractivity contribution in [1.82, 2.24) is 47.9 Å². The number of aliphatic carboxylic acids is 2. The van der Waals surface area contributed by atoms with E-state index in [9.17, 15) is 63.0 Å². The maximum absolute atomic E-state index is 14.9. The number of nitrogens with one attached hydrogen (secondary N) is 9. The third-order valence-electron chi connectivity index (χ3n) is 25.3. The average Bonchev–Trinajstić information content (AvgIpc) is 0.861. The zero-order valence-electron chi connectivity index (χ0n) is 81.8. The number of carbonyl (C=O) groups is 11. The molecule has 0 radical (unpaired) electrons. The highest BCUT2D eigenvalue weighted by molar-refractivity contribution is 7.80. The monoisotopic (exact) mass is 1810 g/mol. The largest absolute Gasteiger partial charge is 0.481 e. The van der Waals surface area contributed by atoms with Crippen molar-refractivity contribution in [1.29, 1.82) is 0 Å². The molecule has 0 fully saturated rings. The maximum atomic E-state index is 14.9. The summed E-state index contributed by atoms with van der Waals surface area (Å²) in [4.78, 5) is 148.